The second-order valence-electron chi connectivity index (χ2n) is 7.84. The molecule has 1 aromatic carbocycles. The number of rotatable bonds is 4. The summed E-state index contributed by atoms with van der Waals surface area (Å²) in [4.78, 5) is 44.5. The van der Waals surface area contributed by atoms with Gasteiger partial charge in [-0.2, -0.15) is 5.10 Å². The van der Waals surface area contributed by atoms with E-state index >= 15 is 0 Å². The van der Waals surface area contributed by atoms with Crippen LogP contribution in [0.25, 0.3) is 21.6 Å². The Hall–Kier alpha value is -3.85. The van der Waals surface area contributed by atoms with Crippen molar-refractivity contribution in [3.05, 3.63) is 64.7 Å². The van der Waals surface area contributed by atoms with Gasteiger partial charge >= 0.3 is 0 Å². The fourth-order valence-corrected chi connectivity index (χ4v) is 4.46. The molecule has 0 bridgehead atoms. The van der Waals surface area contributed by atoms with Gasteiger partial charge in [-0.3, -0.25) is 19.3 Å². The summed E-state index contributed by atoms with van der Waals surface area (Å²) in [5.41, 5.74) is 2.81. The average molecular weight is 446 g/mol. The fourth-order valence-electron chi connectivity index (χ4n) is 3.77. The number of hydrogen-bond acceptors (Lipinski definition) is 6. The average Bonchev–Trinajstić information content (AvgIpc) is 3.50. The van der Waals surface area contributed by atoms with Crippen molar-refractivity contribution in [2.45, 2.75) is 19.9 Å². The van der Waals surface area contributed by atoms with Gasteiger partial charge in [0.25, 0.3) is 17.7 Å². The Balaban J connectivity index is 1.57. The molecular formula is C23H19N5O3S. The van der Waals surface area contributed by atoms with E-state index in [0.29, 0.717) is 33.5 Å². The molecule has 0 radical (unpaired) electrons. The van der Waals surface area contributed by atoms with Gasteiger partial charge in [0.15, 0.2) is 5.65 Å². The Morgan fingerprint density at radius 2 is 1.88 bits per heavy atom. The van der Waals surface area contributed by atoms with Crippen LogP contribution in [-0.4, -0.2) is 44.4 Å². The van der Waals surface area contributed by atoms with Gasteiger partial charge in [0.1, 0.15) is 0 Å². The molecule has 1 aliphatic rings. The van der Waals surface area contributed by atoms with E-state index in [1.54, 1.807) is 40.4 Å². The van der Waals surface area contributed by atoms with Crippen LogP contribution in [-0.2, 0) is 0 Å². The number of fused-ring (bicyclic) bond motifs is 2. The Bertz CT molecular complexity index is 1400. The Morgan fingerprint density at radius 1 is 1.09 bits per heavy atom. The third-order valence-electron chi connectivity index (χ3n) is 5.42. The van der Waals surface area contributed by atoms with Gasteiger partial charge in [-0.05, 0) is 49.6 Å². The van der Waals surface area contributed by atoms with E-state index in [1.165, 1.54) is 13.1 Å². The summed E-state index contributed by atoms with van der Waals surface area (Å²) in [6.07, 6.45) is 1.65. The molecule has 4 aromatic rings. The van der Waals surface area contributed by atoms with E-state index < -0.39 is 0 Å². The number of carbonyl (C=O) groups is 3. The molecule has 0 aliphatic carbocycles. The van der Waals surface area contributed by atoms with Gasteiger partial charge < -0.3 is 5.32 Å². The fraction of sp³-hybridized carbons (Fsp3) is 0.174. The first-order valence-electron chi connectivity index (χ1n) is 10.0. The standard InChI is InChI=1S/C23H19N5O3S/c1-12(2)28-20-17(11-24-28)15(10-18(26-20)19-5-4-8-32-19)21(29)25-13-6-7-14-16(9-13)23(31)27(3)22(14)30/h4-12H,1-3H3,(H,25,29). The van der Waals surface area contributed by atoms with Gasteiger partial charge in [-0.25, -0.2) is 9.67 Å². The van der Waals surface area contributed by atoms with Crippen LogP contribution in [0.1, 0.15) is 51.0 Å². The lowest BCUT2D eigenvalue weighted by atomic mass is 10.1. The second kappa shape index (κ2) is 7.38. The maximum Gasteiger partial charge on any atom is 0.261 e. The molecule has 5 rings (SSSR count). The van der Waals surface area contributed by atoms with Gasteiger partial charge in [0.05, 0.1) is 38.8 Å². The number of amides is 3. The zero-order chi connectivity index (χ0) is 22.6. The lowest BCUT2D eigenvalue weighted by Gasteiger charge is -2.11. The Morgan fingerprint density at radius 3 is 2.59 bits per heavy atom. The van der Waals surface area contributed by atoms with E-state index in [9.17, 15) is 14.4 Å². The Labute approximate surface area is 187 Å². The number of imide groups is 1. The quantitative estimate of drug-likeness (QED) is 0.475. The van der Waals surface area contributed by atoms with Gasteiger partial charge in [0.2, 0.25) is 0 Å². The molecule has 3 amide bonds. The van der Waals surface area contributed by atoms with E-state index in [0.717, 1.165) is 9.78 Å². The summed E-state index contributed by atoms with van der Waals surface area (Å²) in [6.45, 7) is 4.01. The Kier molecular flexibility index (Phi) is 4.63. The highest BCUT2D eigenvalue weighted by molar-refractivity contribution is 7.13. The number of nitrogens with one attached hydrogen (secondary N) is 1. The van der Waals surface area contributed by atoms with E-state index in [-0.39, 0.29) is 29.3 Å². The van der Waals surface area contributed by atoms with Crippen molar-refractivity contribution in [3.8, 4) is 10.6 Å². The number of anilines is 1. The maximum atomic E-state index is 13.3. The molecule has 9 heteroatoms. The zero-order valence-electron chi connectivity index (χ0n) is 17.6. The van der Waals surface area contributed by atoms with Gasteiger partial charge in [-0.15, -0.1) is 11.3 Å². The molecule has 8 nitrogen and oxygen atoms in total. The molecule has 0 saturated carbocycles. The number of nitrogens with zero attached hydrogens (tertiary/aromatic N) is 4. The molecule has 160 valence electrons. The second-order valence-corrected chi connectivity index (χ2v) is 8.78. The van der Waals surface area contributed by atoms with Crippen molar-refractivity contribution in [3.63, 3.8) is 0 Å². The van der Waals surface area contributed by atoms with Crippen LogP contribution in [0, 0.1) is 0 Å². The molecule has 0 atom stereocenters. The van der Waals surface area contributed by atoms with Crippen LogP contribution in [0.5, 0.6) is 0 Å². The van der Waals surface area contributed by atoms with Crippen LogP contribution in [0.15, 0.2) is 48.0 Å². The molecule has 0 spiro atoms. The van der Waals surface area contributed by atoms with Crippen LogP contribution in [0.3, 0.4) is 0 Å². The minimum absolute atomic E-state index is 0.0757. The SMILES string of the molecule is CC(C)n1ncc2c(C(=O)Nc3ccc4c(c3)C(=O)N(C)C4=O)cc(-c3cccs3)nc21. The van der Waals surface area contributed by atoms with Crippen LogP contribution >= 0.6 is 11.3 Å². The van der Waals surface area contributed by atoms with E-state index in [4.69, 9.17) is 4.98 Å². The molecule has 1 N–H and O–H groups in total. The van der Waals surface area contributed by atoms with Crippen LogP contribution in [0.4, 0.5) is 5.69 Å². The summed E-state index contributed by atoms with van der Waals surface area (Å²) in [6, 6.07) is 10.4. The molecule has 32 heavy (non-hydrogen) atoms. The molecule has 0 unspecified atom stereocenters. The number of hydrogen-bond donors (Lipinski definition) is 1. The van der Waals surface area contributed by atoms with Crippen molar-refractivity contribution in [1.29, 1.82) is 0 Å². The number of thiophene rings is 1. The summed E-state index contributed by atoms with van der Waals surface area (Å²) in [5.74, 6) is -1.07. The van der Waals surface area contributed by atoms with Gasteiger partial charge in [-0.1, -0.05) is 6.07 Å². The molecule has 1 aliphatic heterocycles. The number of benzene rings is 1. The third kappa shape index (κ3) is 3.09. The molecule has 0 saturated heterocycles. The smallest absolute Gasteiger partial charge is 0.261 e. The number of pyridine rings is 1. The topological polar surface area (TPSA) is 97.2 Å². The lowest BCUT2D eigenvalue weighted by Crippen LogP contribution is -2.24. The molecule has 4 heterocycles. The molecular weight excluding hydrogens is 426 g/mol. The third-order valence-corrected chi connectivity index (χ3v) is 6.31. The summed E-state index contributed by atoms with van der Waals surface area (Å²) in [7, 11) is 1.44. The predicted octanol–water partition coefficient (Wildman–Crippen LogP) is 4.22. The first-order valence-corrected chi connectivity index (χ1v) is 10.9. The maximum absolute atomic E-state index is 13.3. The van der Waals surface area contributed by atoms with Crippen molar-refractivity contribution in [1.82, 2.24) is 19.7 Å². The predicted molar refractivity (Wildman–Crippen MR) is 122 cm³/mol. The highest BCUT2D eigenvalue weighted by atomic mass is 32.1. The summed E-state index contributed by atoms with van der Waals surface area (Å²) in [5, 5.41) is 9.89. The monoisotopic (exact) mass is 445 g/mol. The zero-order valence-corrected chi connectivity index (χ0v) is 18.4. The van der Waals surface area contributed by atoms with Crippen LogP contribution in [0.2, 0.25) is 0 Å². The summed E-state index contributed by atoms with van der Waals surface area (Å²) >= 11 is 1.54. The normalized spacial score (nSPS) is 13.3. The lowest BCUT2D eigenvalue weighted by molar-refractivity contribution is 0.0692. The minimum Gasteiger partial charge on any atom is -0.322 e. The highest BCUT2D eigenvalue weighted by Gasteiger charge is 2.33. The van der Waals surface area contributed by atoms with Crippen molar-refractivity contribution >= 4 is 45.8 Å². The first kappa shape index (κ1) is 20.1. The number of carbonyl (C=O) groups excluding carboxylic acids is 3. The van der Waals surface area contributed by atoms with E-state index in [1.807, 2.05) is 31.4 Å². The van der Waals surface area contributed by atoms with Crippen molar-refractivity contribution < 1.29 is 14.4 Å². The van der Waals surface area contributed by atoms with E-state index in [2.05, 4.69) is 10.4 Å². The number of aromatic nitrogens is 3. The molecule has 3 aromatic heterocycles. The largest absolute Gasteiger partial charge is 0.322 e. The molecule has 0 fully saturated rings. The van der Waals surface area contributed by atoms with Crippen molar-refractivity contribution in [2.75, 3.05) is 12.4 Å². The highest BCUT2D eigenvalue weighted by Crippen LogP contribution is 2.30. The minimum atomic E-state index is -0.384. The first-order chi connectivity index (χ1) is 15.3. The van der Waals surface area contributed by atoms with Gasteiger partial charge in [0, 0.05) is 18.8 Å². The summed E-state index contributed by atoms with van der Waals surface area (Å²) < 4.78 is 1.79. The van der Waals surface area contributed by atoms with Crippen LogP contribution < -0.4 is 5.32 Å². The van der Waals surface area contributed by atoms with Crippen molar-refractivity contribution in [2.24, 2.45) is 0 Å².